The van der Waals surface area contributed by atoms with Gasteiger partial charge in [0.2, 0.25) is 0 Å². The summed E-state index contributed by atoms with van der Waals surface area (Å²) in [6.45, 7) is 2.08. The predicted octanol–water partition coefficient (Wildman–Crippen LogP) is 3.87. The Bertz CT molecular complexity index is 334. The van der Waals surface area contributed by atoms with Crippen LogP contribution in [0, 0.1) is 6.92 Å². The lowest BCUT2D eigenvalue weighted by molar-refractivity contribution is 1.48. The highest BCUT2D eigenvalue weighted by atomic mass is 32.1. The van der Waals surface area contributed by atoms with E-state index in [-0.39, 0.29) is 0 Å². The van der Waals surface area contributed by atoms with Crippen LogP contribution in [-0.4, -0.2) is 4.86 Å². The molecular weight excluding hydrogens is 188 g/mol. The number of thiocarbonyl (C=S) groups is 1. The summed E-state index contributed by atoms with van der Waals surface area (Å²) in [6.07, 6.45) is 8.94. The van der Waals surface area contributed by atoms with Crippen LogP contribution in [0.15, 0.2) is 54.6 Å². The molecule has 0 unspecified atom stereocenters. The van der Waals surface area contributed by atoms with Gasteiger partial charge in [0.25, 0.3) is 0 Å². The van der Waals surface area contributed by atoms with Crippen molar-refractivity contribution in [2.45, 2.75) is 13.3 Å². The van der Waals surface area contributed by atoms with E-state index in [1.807, 2.05) is 36.4 Å². The summed E-state index contributed by atoms with van der Waals surface area (Å²) in [5, 5.41) is 0. The number of aryl methyl sites for hydroxylation is 1. The third-order valence-corrected chi connectivity index (χ3v) is 2.09. The molecule has 0 bridgehead atoms. The predicted molar refractivity (Wildman–Crippen MR) is 66.7 cm³/mol. The van der Waals surface area contributed by atoms with Gasteiger partial charge in [0.05, 0.1) is 0 Å². The molecule has 2 rings (SSSR count). The summed E-state index contributed by atoms with van der Waals surface area (Å²) in [4.78, 5) is 1.03. The summed E-state index contributed by atoms with van der Waals surface area (Å²) < 4.78 is 0. The van der Waals surface area contributed by atoms with E-state index in [4.69, 9.17) is 12.2 Å². The van der Waals surface area contributed by atoms with E-state index >= 15 is 0 Å². The van der Waals surface area contributed by atoms with Gasteiger partial charge in [-0.15, -0.1) is 0 Å². The molecule has 0 radical (unpaired) electrons. The molecule has 0 amide bonds. The third kappa shape index (κ3) is 4.73. The van der Waals surface area contributed by atoms with Gasteiger partial charge in [-0.3, -0.25) is 0 Å². The second-order valence-electron chi connectivity index (χ2n) is 3.11. The SMILES string of the molecule is Cc1ccccc1.S=C1C=CC=CC1. The number of hydrogen-bond acceptors (Lipinski definition) is 1. The molecule has 1 aromatic rings. The Kier molecular flexibility index (Phi) is 4.87. The molecule has 0 aliphatic heterocycles. The zero-order chi connectivity index (χ0) is 10.2. The fraction of sp³-hybridized carbons (Fsp3) is 0.154. The molecule has 14 heavy (non-hydrogen) atoms. The minimum atomic E-state index is 0.950. The minimum absolute atomic E-state index is 0.950. The van der Waals surface area contributed by atoms with Crippen molar-refractivity contribution in [2.24, 2.45) is 0 Å². The molecule has 0 heterocycles. The number of hydrogen-bond donors (Lipinski definition) is 0. The standard InChI is InChI=1S/C7H8.C6H6S/c1-7-5-3-2-4-6-7;7-6-4-2-1-3-5-6/h2-6H,1H3;1-4H,5H2. The van der Waals surface area contributed by atoms with Crippen molar-refractivity contribution < 1.29 is 0 Å². The van der Waals surface area contributed by atoms with Crippen molar-refractivity contribution in [3.8, 4) is 0 Å². The van der Waals surface area contributed by atoms with Gasteiger partial charge >= 0.3 is 0 Å². The maximum absolute atomic E-state index is 4.87. The van der Waals surface area contributed by atoms with Crippen molar-refractivity contribution in [3.05, 3.63) is 60.2 Å². The molecular formula is C13H14S. The molecule has 1 aliphatic rings. The van der Waals surface area contributed by atoms with Gasteiger partial charge in [-0.2, -0.15) is 0 Å². The fourth-order valence-corrected chi connectivity index (χ4v) is 1.20. The average Bonchev–Trinajstić information content (AvgIpc) is 2.21. The summed E-state index contributed by atoms with van der Waals surface area (Å²) >= 11 is 4.87. The molecule has 1 aromatic carbocycles. The Morgan fingerprint density at radius 3 is 2.07 bits per heavy atom. The summed E-state index contributed by atoms with van der Waals surface area (Å²) in [5.41, 5.74) is 1.32. The van der Waals surface area contributed by atoms with Gasteiger partial charge in [-0.05, 0) is 13.0 Å². The van der Waals surface area contributed by atoms with Crippen LogP contribution in [0.25, 0.3) is 0 Å². The van der Waals surface area contributed by atoms with Crippen LogP contribution in [0.5, 0.6) is 0 Å². The van der Waals surface area contributed by atoms with Gasteiger partial charge in [0.15, 0.2) is 0 Å². The van der Waals surface area contributed by atoms with Crippen molar-refractivity contribution in [1.82, 2.24) is 0 Å². The Hall–Kier alpha value is -1.21. The maximum atomic E-state index is 4.87. The lowest BCUT2D eigenvalue weighted by atomic mass is 10.2. The lowest BCUT2D eigenvalue weighted by Crippen LogP contribution is -1.86. The van der Waals surface area contributed by atoms with E-state index in [2.05, 4.69) is 25.1 Å². The fourth-order valence-electron chi connectivity index (χ4n) is 1.03. The molecule has 0 aromatic heterocycles. The smallest absolute Gasteiger partial charge is 0.0190 e. The lowest BCUT2D eigenvalue weighted by Gasteiger charge is -1.92. The largest absolute Gasteiger partial charge is 0.0846 e. The zero-order valence-corrected chi connectivity index (χ0v) is 9.13. The van der Waals surface area contributed by atoms with E-state index in [0.29, 0.717) is 0 Å². The van der Waals surface area contributed by atoms with Crippen LogP contribution in [0.3, 0.4) is 0 Å². The summed E-state index contributed by atoms with van der Waals surface area (Å²) in [5.74, 6) is 0. The molecule has 0 atom stereocenters. The molecule has 0 saturated heterocycles. The van der Waals surface area contributed by atoms with E-state index in [1.165, 1.54) is 5.56 Å². The first-order valence-electron chi connectivity index (χ1n) is 4.67. The highest BCUT2D eigenvalue weighted by Crippen LogP contribution is 1.97. The van der Waals surface area contributed by atoms with Gasteiger partial charge in [0.1, 0.15) is 0 Å². The van der Waals surface area contributed by atoms with Crippen LogP contribution in [0.2, 0.25) is 0 Å². The monoisotopic (exact) mass is 202 g/mol. The molecule has 72 valence electrons. The third-order valence-electron chi connectivity index (χ3n) is 1.79. The van der Waals surface area contributed by atoms with E-state index < -0.39 is 0 Å². The maximum Gasteiger partial charge on any atom is 0.0190 e. The normalized spacial score (nSPS) is 13.4. The van der Waals surface area contributed by atoms with Crippen LogP contribution < -0.4 is 0 Å². The van der Waals surface area contributed by atoms with Crippen molar-refractivity contribution >= 4 is 17.1 Å². The van der Waals surface area contributed by atoms with Crippen molar-refractivity contribution in [2.75, 3.05) is 0 Å². The average molecular weight is 202 g/mol. The Labute approximate surface area is 91.0 Å². The molecule has 0 spiro atoms. The minimum Gasteiger partial charge on any atom is -0.0846 e. The van der Waals surface area contributed by atoms with E-state index in [1.54, 1.807) is 0 Å². The van der Waals surface area contributed by atoms with E-state index in [9.17, 15) is 0 Å². The molecule has 0 saturated carbocycles. The van der Waals surface area contributed by atoms with Gasteiger partial charge in [0, 0.05) is 11.3 Å². The molecule has 0 fully saturated rings. The zero-order valence-electron chi connectivity index (χ0n) is 8.31. The van der Waals surface area contributed by atoms with Gasteiger partial charge in [-0.1, -0.05) is 66.3 Å². The number of benzene rings is 1. The first-order valence-corrected chi connectivity index (χ1v) is 5.07. The number of rotatable bonds is 0. The van der Waals surface area contributed by atoms with Crippen molar-refractivity contribution in [3.63, 3.8) is 0 Å². The van der Waals surface area contributed by atoms with Crippen LogP contribution >= 0.6 is 12.2 Å². The molecule has 0 N–H and O–H groups in total. The topological polar surface area (TPSA) is 0 Å². The van der Waals surface area contributed by atoms with E-state index in [0.717, 1.165) is 11.3 Å². The Morgan fingerprint density at radius 1 is 1.07 bits per heavy atom. The molecule has 1 aliphatic carbocycles. The van der Waals surface area contributed by atoms with Crippen LogP contribution in [0.1, 0.15) is 12.0 Å². The first kappa shape index (κ1) is 10.9. The Balaban J connectivity index is 0.000000140. The Morgan fingerprint density at radius 2 is 1.79 bits per heavy atom. The quantitative estimate of drug-likeness (QED) is 0.575. The second kappa shape index (κ2) is 6.28. The van der Waals surface area contributed by atoms with Gasteiger partial charge < -0.3 is 0 Å². The highest BCUT2D eigenvalue weighted by molar-refractivity contribution is 7.80. The highest BCUT2D eigenvalue weighted by Gasteiger charge is 1.87. The first-order chi connectivity index (χ1) is 6.79. The molecule has 1 heteroatoms. The summed E-state index contributed by atoms with van der Waals surface area (Å²) in [7, 11) is 0. The molecule has 0 nitrogen and oxygen atoms in total. The van der Waals surface area contributed by atoms with Crippen LogP contribution in [-0.2, 0) is 0 Å². The second-order valence-corrected chi connectivity index (χ2v) is 3.64. The van der Waals surface area contributed by atoms with Crippen molar-refractivity contribution in [1.29, 1.82) is 0 Å². The van der Waals surface area contributed by atoms with Gasteiger partial charge in [-0.25, -0.2) is 0 Å². The van der Waals surface area contributed by atoms with Crippen LogP contribution in [0.4, 0.5) is 0 Å². The summed E-state index contributed by atoms with van der Waals surface area (Å²) in [6, 6.07) is 10.3. The number of allylic oxidation sites excluding steroid dienone is 4.